The van der Waals surface area contributed by atoms with Crippen molar-refractivity contribution in [2.45, 2.75) is 44.2 Å². The lowest BCUT2D eigenvalue weighted by atomic mass is 9.90. The third kappa shape index (κ3) is 4.12. The van der Waals surface area contributed by atoms with E-state index in [9.17, 15) is 13.6 Å². The molecule has 1 saturated carbocycles. The second kappa shape index (κ2) is 9.18. The fraction of sp³-hybridized carbons (Fsp3) is 0.318. The van der Waals surface area contributed by atoms with Gasteiger partial charge >= 0.3 is 0 Å². The van der Waals surface area contributed by atoms with Crippen LogP contribution in [-0.2, 0) is 0 Å². The molecule has 0 unspecified atom stereocenters. The number of carbonyl (C=O) groups excluding carboxylic acids is 1. The van der Waals surface area contributed by atoms with Gasteiger partial charge in [0.2, 0.25) is 5.95 Å². The molecule has 1 aliphatic rings. The number of alkyl halides is 2. The van der Waals surface area contributed by atoms with Gasteiger partial charge < -0.3 is 9.88 Å². The molecule has 184 valence electrons. The Morgan fingerprint density at radius 2 is 2.06 bits per heavy atom. The molecule has 6 rings (SSSR count). The minimum atomic E-state index is -2.64. The summed E-state index contributed by atoms with van der Waals surface area (Å²) < 4.78 is 31.3. The average Bonchev–Trinajstić information content (AvgIpc) is 3.69. The summed E-state index contributed by atoms with van der Waals surface area (Å²) in [5.41, 5.74) is 1.57. The van der Waals surface area contributed by atoms with Crippen molar-refractivity contribution in [3.8, 4) is 11.8 Å². The number of nitrogens with zero attached hydrogens (tertiary/aromatic N) is 9. The highest BCUT2D eigenvalue weighted by atomic mass is 32.1. The maximum atomic E-state index is 12.9. The van der Waals surface area contributed by atoms with E-state index in [1.54, 1.807) is 34.2 Å². The van der Waals surface area contributed by atoms with Gasteiger partial charge in [-0.1, -0.05) is 5.21 Å². The van der Waals surface area contributed by atoms with Gasteiger partial charge in [0, 0.05) is 36.7 Å². The number of aromatic nitrogens is 9. The van der Waals surface area contributed by atoms with Crippen molar-refractivity contribution in [1.82, 2.24) is 49.6 Å². The van der Waals surface area contributed by atoms with Crippen LogP contribution in [0.4, 0.5) is 8.78 Å². The lowest BCUT2D eigenvalue weighted by Crippen LogP contribution is -2.39. The summed E-state index contributed by atoms with van der Waals surface area (Å²) in [5, 5.41) is 15.3. The zero-order valence-corrected chi connectivity index (χ0v) is 19.6. The Morgan fingerprint density at radius 3 is 2.81 bits per heavy atom. The summed E-state index contributed by atoms with van der Waals surface area (Å²) in [6.45, 7) is 0. The third-order valence-corrected chi connectivity index (χ3v) is 7.19. The maximum Gasteiger partial charge on any atom is 0.280 e. The van der Waals surface area contributed by atoms with Crippen LogP contribution in [0.15, 0.2) is 49.3 Å². The molecule has 1 fully saturated rings. The number of hydrogen-bond donors (Lipinski definition) is 1. The Labute approximate surface area is 206 Å². The summed E-state index contributed by atoms with van der Waals surface area (Å²) in [6.07, 6.45) is 10.1. The van der Waals surface area contributed by atoms with E-state index >= 15 is 0 Å². The molecule has 1 N–H and O–H groups in total. The summed E-state index contributed by atoms with van der Waals surface area (Å²) in [6, 6.07) is 3.60. The highest BCUT2D eigenvalue weighted by molar-refractivity contribution is 7.13. The Bertz CT molecular complexity index is 1490. The molecule has 5 aromatic heterocycles. The first-order chi connectivity index (χ1) is 17.6. The average molecular weight is 511 g/mol. The van der Waals surface area contributed by atoms with Gasteiger partial charge in [-0.3, -0.25) is 4.79 Å². The van der Waals surface area contributed by atoms with Gasteiger partial charge in [-0.2, -0.15) is 5.10 Å². The van der Waals surface area contributed by atoms with Crippen LogP contribution in [0.2, 0.25) is 0 Å². The largest absolute Gasteiger partial charge is 0.347 e. The van der Waals surface area contributed by atoms with Crippen LogP contribution in [0.3, 0.4) is 0 Å². The second-order valence-electron chi connectivity index (χ2n) is 8.47. The second-order valence-corrected chi connectivity index (χ2v) is 9.53. The number of pyridine rings is 1. The standard InChI is InChI=1S/C22H20F2N10OS/c23-19(24)17-12-26-21(36-17)20(35)29-13-3-1-4-14(9-13)34-16-10-18(32-8-6-27-31-32)25-11-15(16)30-22(34)33-7-2-5-28-33/h2,5-8,10-14,19H,1,3-4,9H2,(H,29,35)/t13-,14+/m0/s1. The normalized spacial score (nSPS) is 18.2. The quantitative estimate of drug-likeness (QED) is 0.371. The van der Waals surface area contributed by atoms with E-state index in [0.717, 1.165) is 42.3 Å². The molecule has 36 heavy (non-hydrogen) atoms. The van der Waals surface area contributed by atoms with Gasteiger partial charge in [-0.15, -0.1) is 16.4 Å². The van der Waals surface area contributed by atoms with Crippen molar-refractivity contribution >= 4 is 28.3 Å². The van der Waals surface area contributed by atoms with Gasteiger partial charge in [0.15, 0.2) is 10.8 Å². The first-order valence-corrected chi connectivity index (χ1v) is 12.2. The fourth-order valence-corrected chi connectivity index (χ4v) is 5.28. The number of rotatable bonds is 6. The Kier molecular flexibility index (Phi) is 5.71. The van der Waals surface area contributed by atoms with E-state index in [1.807, 2.05) is 18.3 Å². The van der Waals surface area contributed by atoms with Crippen molar-refractivity contribution in [3.63, 3.8) is 0 Å². The SMILES string of the molecule is O=C(N[C@H]1CCC[C@@H](n2c(-n3cccn3)nc3cnc(-n4ccnn4)cc32)C1)c1ncc(C(F)F)s1. The number of hydrogen-bond acceptors (Lipinski definition) is 8. The number of amides is 1. The van der Waals surface area contributed by atoms with Crippen LogP contribution in [0.25, 0.3) is 22.8 Å². The van der Waals surface area contributed by atoms with Crippen LogP contribution in [-0.4, -0.2) is 56.2 Å². The van der Waals surface area contributed by atoms with E-state index < -0.39 is 12.3 Å². The predicted molar refractivity (Wildman–Crippen MR) is 125 cm³/mol. The minimum absolute atomic E-state index is 0.00664. The topological polar surface area (TPSA) is 121 Å². The fourth-order valence-electron chi connectivity index (χ4n) is 4.61. The van der Waals surface area contributed by atoms with E-state index in [4.69, 9.17) is 4.98 Å². The number of thiazole rings is 1. The lowest BCUT2D eigenvalue weighted by molar-refractivity contribution is 0.0920. The zero-order valence-electron chi connectivity index (χ0n) is 18.8. The summed E-state index contributed by atoms with van der Waals surface area (Å²) in [5.74, 6) is 0.816. The van der Waals surface area contributed by atoms with E-state index in [2.05, 4.69) is 35.3 Å². The third-order valence-electron chi connectivity index (χ3n) is 6.19. The monoisotopic (exact) mass is 510 g/mol. The number of imidazole rings is 1. The Balaban J connectivity index is 1.32. The lowest BCUT2D eigenvalue weighted by Gasteiger charge is -2.31. The molecule has 14 heteroatoms. The molecule has 0 aliphatic heterocycles. The molecule has 5 aromatic rings. The highest BCUT2D eigenvalue weighted by Gasteiger charge is 2.29. The molecule has 2 atom stereocenters. The zero-order chi connectivity index (χ0) is 24.6. The number of nitrogens with one attached hydrogen (secondary N) is 1. The Hall–Kier alpha value is -4.07. The molecule has 11 nitrogen and oxygen atoms in total. The Morgan fingerprint density at radius 1 is 1.14 bits per heavy atom. The van der Waals surface area contributed by atoms with Gasteiger partial charge in [0.1, 0.15) is 5.52 Å². The van der Waals surface area contributed by atoms with Crippen LogP contribution in [0, 0.1) is 0 Å². The van der Waals surface area contributed by atoms with Crippen LogP contribution < -0.4 is 5.32 Å². The molecule has 0 bridgehead atoms. The highest BCUT2D eigenvalue weighted by Crippen LogP contribution is 2.34. The smallest absolute Gasteiger partial charge is 0.280 e. The molecule has 1 aliphatic carbocycles. The van der Waals surface area contributed by atoms with Gasteiger partial charge in [-0.25, -0.2) is 33.1 Å². The van der Waals surface area contributed by atoms with Crippen molar-refractivity contribution in [2.75, 3.05) is 0 Å². The predicted octanol–water partition coefficient (Wildman–Crippen LogP) is 3.51. The molecular weight excluding hydrogens is 490 g/mol. The maximum absolute atomic E-state index is 12.9. The van der Waals surface area contributed by atoms with E-state index in [-0.39, 0.29) is 22.0 Å². The first-order valence-electron chi connectivity index (χ1n) is 11.4. The molecule has 5 heterocycles. The summed E-state index contributed by atoms with van der Waals surface area (Å²) in [7, 11) is 0. The van der Waals surface area contributed by atoms with Gasteiger partial charge in [-0.05, 0) is 31.7 Å². The van der Waals surface area contributed by atoms with Crippen molar-refractivity contribution in [1.29, 1.82) is 0 Å². The minimum Gasteiger partial charge on any atom is -0.347 e. The van der Waals surface area contributed by atoms with E-state index in [1.165, 1.54) is 0 Å². The number of carbonyl (C=O) groups is 1. The van der Waals surface area contributed by atoms with Crippen molar-refractivity contribution < 1.29 is 13.6 Å². The number of halogens is 2. The molecule has 0 radical (unpaired) electrons. The first kappa shape index (κ1) is 22.4. The van der Waals surface area contributed by atoms with Gasteiger partial charge in [0.05, 0.1) is 29.0 Å². The summed E-state index contributed by atoms with van der Waals surface area (Å²) >= 11 is 0.719. The van der Waals surface area contributed by atoms with Crippen molar-refractivity contribution in [3.05, 3.63) is 59.2 Å². The molecular formula is C22H20F2N10OS. The van der Waals surface area contributed by atoms with E-state index in [0.29, 0.717) is 23.7 Å². The van der Waals surface area contributed by atoms with Crippen LogP contribution in [0.1, 0.15) is 52.8 Å². The number of fused-ring (bicyclic) bond motifs is 1. The summed E-state index contributed by atoms with van der Waals surface area (Å²) in [4.78, 5) is 25.6. The van der Waals surface area contributed by atoms with Crippen LogP contribution in [0.5, 0.6) is 0 Å². The van der Waals surface area contributed by atoms with Crippen LogP contribution >= 0.6 is 11.3 Å². The van der Waals surface area contributed by atoms with Gasteiger partial charge in [0.25, 0.3) is 12.3 Å². The molecule has 0 saturated heterocycles. The van der Waals surface area contributed by atoms with Crippen molar-refractivity contribution in [2.24, 2.45) is 0 Å². The molecule has 1 amide bonds. The molecule has 0 spiro atoms. The molecule has 0 aromatic carbocycles.